The Hall–Kier alpha value is -1.66. The van der Waals surface area contributed by atoms with Crippen LogP contribution in [0.1, 0.15) is 26.3 Å². The van der Waals surface area contributed by atoms with E-state index >= 15 is 0 Å². The highest BCUT2D eigenvalue weighted by atomic mass is 32.2. The first-order chi connectivity index (χ1) is 9.79. The monoisotopic (exact) mass is 309 g/mol. The van der Waals surface area contributed by atoms with Gasteiger partial charge in [-0.2, -0.15) is 0 Å². The number of para-hydroxylation sites is 1. The largest absolute Gasteiger partial charge is 0.450 e. The van der Waals surface area contributed by atoms with Gasteiger partial charge in [0.1, 0.15) is 12.3 Å². The van der Waals surface area contributed by atoms with Gasteiger partial charge in [0.25, 0.3) is 6.29 Å². The molecule has 1 N–H and O–H groups in total. The lowest BCUT2D eigenvalue weighted by atomic mass is 10.1. The van der Waals surface area contributed by atoms with E-state index in [0.29, 0.717) is 11.3 Å². The molecule has 0 bridgehead atoms. The minimum atomic E-state index is -1.32. The summed E-state index contributed by atoms with van der Waals surface area (Å²) in [6, 6.07) is 7.36. The zero-order valence-corrected chi connectivity index (χ0v) is 13.2. The first-order valence-corrected chi connectivity index (χ1v) is 7.74. The van der Waals surface area contributed by atoms with Crippen molar-refractivity contribution in [2.75, 3.05) is 6.54 Å². The summed E-state index contributed by atoms with van der Waals surface area (Å²) >= 11 is 0. The number of hydrogen-bond acceptors (Lipinski definition) is 4. The Morgan fingerprint density at radius 2 is 2.10 bits per heavy atom. The Bertz CT molecular complexity index is 592. The van der Waals surface area contributed by atoms with Crippen LogP contribution in [0.2, 0.25) is 0 Å². The highest BCUT2D eigenvalue weighted by Gasteiger charge is 2.30. The van der Waals surface area contributed by atoms with Gasteiger partial charge in [0.15, 0.2) is 0 Å². The zero-order chi connectivity index (χ0) is 15.6. The fourth-order valence-electron chi connectivity index (χ4n) is 1.75. The summed E-state index contributed by atoms with van der Waals surface area (Å²) in [7, 11) is -1.32. The maximum atomic E-state index is 11.8. The third-order valence-corrected chi connectivity index (χ3v) is 4.41. The molecule has 0 saturated carbocycles. The van der Waals surface area contributed by atoms with Crippen LogP contribution < -0.4 is 9.46 Å². The normalized spacial score (nSPS) is 18.8. The highest BCUT2D eigenvalue weighted by molar-refractivity contribution is 7.84. The Morgan fingerprint density at radius 1 is 1.43 bits per heavy atom. The van der Waals surface area contributed by atoms with Crippen LogP contribution in [0.5, 0.6) is 5.75 Å². The molecular weight excluding hydrogens is 290 g/mol. The smallest absolute Gasteiger partial charge is 0.324 e. The molecule has 114 valence electrons. The first kappa shape index (κ1) is 15.7. The second-order valence-corrected chi connectivity index (χ2v) is 7.71. The van der Waals surface area contributed by atoms with Crippen LogP contribution in [-0.4, -0.2) is 27.8 Å². The van der Waals surface area contributed by atoms with E-state index in [9.17, 15) is 9.00 Å². The van der Waals surface area contributed by atoms with Crippen molar-refractivity contribution in [1.29, 1.82) is 0 Å². The molecular formula is C15H19NO4S. The van der Waals surface area contributed by atoms with Crippen molar-refractivity contribution in [1.82, 2.24) is 4.72 Å². The second-order valence-electron chi connectivity index (χ2n) is 5.66. The standard InChI is InChI=1S/C15H19NO4S/c1-10-11-7-5-6-8-12(11)19-14(10)20-13(17)9-16-21(18)15(2,3)4/h5-8,14,16H,1,9H2,2-4H3. The number of nitrogens with one attached hydrogen (secondary N) is 1. The van der Waals surface area contributed by atoms with Crippen molar-refractivity contribution in [2.24, 2.45) is 0 Å². The number of carbonyl (C=O) groups is 1. The predicted molar refractivity (Wildman–Crippen MR) is 81.9 cm³/mol. The van der Waals surface area contributed by atoms with E-state index in [1.165, 1.54) is 0 Å². The molecule has 0 aliphatic carbocycles. The highest BCUT2D eigenvalue weighted by Crippen LogP contribution is 2.36. The maximum absolute atomic E-state index is 11.8. The molecule has 1 aromatic carbocycles. The topological polar surface area (TPSA) is 64.6 Å². The van der Waals surface area contributed by atoms with Gasteiger partial charge >= 0.3 is 5.97 Å². The van der Waals surface area contributed by atoms with E-state index in [4.69, 9.17) is 9.47 Å². The van der Waals surface area contributed by atoms with Crippen LogP contribution in [0.4, 0.5) is 0 Å². The van der Waals surface area contributed by atoms with Crippen LogP contribution in [0.3, 0.4) is 0 Å². The van der Waals surface area contributed by atoms with Crippen LogP contribution >= 0.6 is 0 Å². The summed E-state index contributed by atoms with van der Waals surface area (Å²) in [6.45, 7) is 9.19. The Morgan fingerprint density at radius 3 is 2.71 bits per heavy atom. The lowest BCUT2D eigenvalue weighted by Gasteiger charge is -2.18. The van der Waals surface area contributed by atoms with E-state index < -0.39 is 28.0 Å². The number of fused-ring (bicyclic) bond motifs is 1. The fourth-order valence-corrected chi connectivity index (χ4v) is 2.43. The average molecular weight is 309 g/mol. The summed E-state index contributed by atoms with van der Waals surface area (Å²) in [5.74, 6) is 0.109. The van der Waals surface area contributed by atoms with Gasteiger partial charge in [-0.3, -0.25) is 4.79 Å². The van der Waals surface area contributed by atoms with Gasteiger partial charge in [0.2, 0.25) is 0 Å². The molecule has 5 nitrogen and oxygen atoms in total. The summed E-state index contributed by atoms with van der Waals surface area (Å²) in [5, 5.41) is 0. The molecule has 2 atom stereocenters. The fraction of sp³-hybridized carbons (Fsp3) is 0.400. The molecule has 2 unspecified atom stereocenters. The van der Waals surface area contributed by atoms with Gasteiger partial charge in [-0.1, -0.05) is 24.8 Å². The summed E-state index contributed by atoms with van der Waals surface area (Å²) in [4.78, 5) is 11.8. The molecule has 21 heavy (non-hydrogen) atoms. The molecule has 1 aromatic rings. The van der Waals surface area contributed by atoms with Crippen molar-refractivity contribution < 1.29 is 18.5 Å². The number of esters is 1. The SMILES string of the molecule is C=C1c2ccccc2OC1OC(=O)CNS(=O)C(C)(C)C. The van der Waals surface area contributed by atoms with Crippen molar-refractivity contribution in [3.05, 3.63) is 36.4 Å². The Labute approximate surface area is 126 Å². The number of carbonyl (C=O) groups excluding carboxylic acids is 1. The van der Waals surface area contributed by atoms with E-state index in [1.54, 1.807) is 6.07 Å². The lowest BCUT2D eigenvalue weighted by molar-refractivity contribution is -0.154. The number of ether oxygens (including phenoxy) is 2. The molecule has 0 spiro atoms. The molecule has 2 rings (SSSR count). The average Bonchev–Trinajstić information content (AvgIpc) is 2.72. The summed E-state index contributed by atoms with van der Waals surface area (Å²) in [6.07, 6.45) is -0.820. The maximum Gasteiger partial charge on any atom is 0.324 e. The number of rotatable bonds is 4. The van der Waals surface area contributed by atoms with Gasteiger partial charge in [-0.15, -0.1) is 0 Å². The molecule has 0 aromatic heterocycles. The Kier molecular flexibility index (Phi) is 4.49. The van der Waals surface area contributed by atoms with Gasteiger partial charge in [0.05, 0.1) is 15.7 Å². The van der Waals surface area contributed by atoms with Crippen molar-refractivity contribution in [3.63, 3.8) is 0 Å². The van der Waals surface area contributed by atoms with Crippen molar-refractivity contribution >= 4 is 22.5 Å². The van der Waals surface area contributed by atoms with Gasteiger partial charge in [-0.05, 0) is 26.8 Å². The van der Waals surface area contributed by atoms with E-state index in [0.717, 1.165) is 5.56 Å². The predicted octanol–water partition coefficient (Wildman–Crippen LogP) is 2.01. The van der Waals surface area contributed by atoms with E-state index in [1.807, 2.05) is 39.0 Å². The van der Waals surface area contributed by atoms with Crippen molar-refractivity contribution in [3.8, 4) is 5.75 Å². The van der Waals surface area contributed by atoms with Gasteiger partial charge in [-0.25, -0.2) is 8.93 Å². The van der Waals surface area contributed by atoms with Gasteiger partial charge < -0.3 is 9.47 Å². The summed E-state index contributed by atoms with van der Waals surface area (Å²) in [5.41, 5.74) is 1.44. The molecule has 0 amide bonds. The third kappa shape index (κ3) is 3.71. The molecule has 0 fully saturated rings. The Balaban J connectivity index is 1.88. The molecule has 1 aliphatic heterocycles. The number of hydrogen-bond donors (Lipinski definition) is 1. The molecule has 0 saturated heterocycles. The second kappa shape index (κ2) is 5.99. The minimum absolute atomic E-state index is 0.145. The van der Waals surface area contributed by atoms with Crippen molar-refractivity contribution in [2.45, 2.75) is 31.8 Å². The molecule has 0 radical (unpaired) electrons. The zero-order valence-electron chi connectivity index (χ0n) is 12.3. The van der Waals surface area contributed by atoms with Crippen LogP contribution in [-0.2, 0) is 20.5 Å². The minimum Gasteiger partial charge on any atom is -0.450 e. The van der Waals surface area contributed by atoms with Crippen LogP contribution in [0, 0.1) is 0 Å². The first-order valence-electron chi connectivity index (χ1n) is 6.59. The number of benzene rings is 1. The molecule has 1 heterocycles. The molecule has 6 heteroatoms. The molecule has 1 aliphatic rings. The van der Waals surface area contributed by atoms with Crippen LogP contribution in [0.15, 0.2) is 30.8 Å². The quantitative estimate of drug-likeness (QED) is 0.864. The van der Waals surface area contributed by atoms with E-state index in [2.05, 4.69) is 11.3 Å². The van der Waals surface area contributed by atoms with Gasteiger partial charge in [0, 0.05) is 11.1 Å². The van der Waals surface area contributed by atoms with Crippen LogP contribution in [0.25, 0.3) is 5.57 Å². The third-order valence-electron chi connectivity index (χ3n) is 2.89. The van der Waals surface area contributed by atoms with E-state index in [-0.39, 0.29) is 6.54 Å². The summed E-state index contributed by atoms with van der Waals surface area (Å²) < 4.78 is 24.7. The lowest BCUT2D eigenvalue weighted by Crippen LogP contribution is -2.37.